The number of hydrogen-bond acceptors (Lipinski definition) is 3. The number of benzene rings is 2. The van der Waals surface area contributed by atoms with Crippen LogP contribution in [0.3, 0.4) is 0 Å². The lowest BCUT2D eigenvalue weighted by Crippen LogP contribution is -2.08. The van der Waals surface area contributed by atoms with E-state index in [1.54, 1.807) is 0 Å². The third kappa shape index (κ3) is 6.61. The first kappa shape index (κ1) is 25.5. The molecule has 1 aromatic heterocycles. The number of aromatic nitrogens is 3. The SMILES string of the molecule is CC.CC.CC.CCn1nnc(-c2ccccc2)c1-c1ccccc1CNC. The summed E-state index contributed by atoms with van der Waals surface area (Å²) in [5, 5.41) is 12.0. The maximum absolute atomic E-state index is 4.43. The van der Waals surface area contributed by atoms with E-state index in [0.29, 0.717) is 0 Å². The van der Waals surface area contributed by atoms with Gasteiger partial charge in [0.25, 0.3) is 0 Å². The summed E-state index contributed by atoms with van der Waals surface area (Å²) in [6, 6.07) is 18.7. The highest BCUT2D eigenvalue weighted by molar-refractivity contribution is 5.79. The summed E-state index contributed by atoms with van der Waals surface area (Å²) in [4.78, 5) is 0. The number of nitrogens with one attached hydrogen (secondary N) is 1. The van der Waals surface area contributed by atoms with Crippen molar-refractivity contribution < 1.29 is 0 Å². The Morgan fingerprint density at radius 1 is 0.821 bits per heavy atom. The van der Waals surface area contributed by atoms with Gasteiger partial charge in [0.1, 0.15) is 5.69 Å². The van der Waals surface area contributed by atoms with E-state index in [1.165, 1.54) is 11.1 Å². The Labute approximate surface area is 172 Å². The second kappa shape index (κ2) is 15.6. The van der Waals surface area contributed by atoms with E-state index in [-0.39, 0.29) is 0 Å². The van der Waals surface area contributed by atoms with Crippen LogP contribution >= 0.6 is 0 Å². The number of nitrogens with zero attached hydrogens (tertiary/aromatic N) is 3. The van der Waals surface area contributed by atoms with Gasteiger partial charge in [-0.1, -0.05) is 101 Å². The molecule has 0 bridgehead atoms. The van der Waals surface area contributed by atoms with Gasteiger partial charge in [0.05, 0.1) is 5.69 Å². The zero-order valence-corrected chi connectivity index (χ0v) is 19.0. The monoisotopic (exact) mass is 382 g/mol. The van der Waals surface area contributed by atoms with Crippen molar-refractivity contribution in [1.82, 2.24) is 20.3 Å². The van der Waals surface area contributed by atoms with E-state index in [1.807, 2.05) is 71.5 Å². The molecule has 0 radical (unpaired) electrons. The molecule has 0 aliphatic heterocycles. The van der Waals surface area contributed by atoms with Crippen molar-refractivity contribution >= 4 is 0 Å². The quantitative estimate of drug-likeness (QED) is 0.553. The first-order valence-electron chi connectivity index (χ1n) is 10.6. The van der Waals surface area contributed by atoms with Gasteiger partial charge in [-0.25, -0.2) is 4.68 Å². The Bertz CT molecular complexity index is 748. The van der Waals surface area contributed by atoms with E-state index in [2.05, 4.69) is 59.0 Å². The Kier molecular flexibility index (Phi) is 14.2. The smallest absolute Gasteiger partial charge is 0.121 e. The van der Waals surface area contributed by atoms with Crippen molar-refractivity contribution in [2.24, 2.45) is 0 Å². The number of rotatable bonds is 5. The lowest BCUT2D eigenvalue weighted by molar-refractivity contribution is 0.632. The Morgan fingerprint density at radius 3 is 1.96 bits per heavy atom. The van der Waals surface area contributed by atoms with Gasteiger partial charge >= 0.3 is 0 Å². The molecule has 0 saturated carbocycles. The average Bonchev–Trinajstić information content (AvgIpc) is 3.23. The summed E-state index contributed by atoms with van der Waals surface area (Å²) in [5.41, 5.74) is 5.55. The van der Waals surface area contributed by atoms with Crippen LogP contribution < -0.4 is 5.32 Å². The molecule has 3 aromatic rings. The van der Waals surface area contributed by atoms with Gasteiger partial charge in [-0.3, -0.25) is 0 Å². The van der Waals surface area contributed by atoms with Crippen molar-refractivity contribution in [3.8, 4) is 22.5 Å². The standard InChI is InChI=1S/C18H20N4.3C2H6/c1-3-22-18(16-12-8-7-11-15(16)13-19-2)17(20-21-22)14-9-5-4-6-10-14;3*1-2/h4-12,19H,3,13H2,1-2H3;3*1-2H3. The summed E-state index contributed by atoms with van der Waals surface area (Å²) in [5.74, 6) is 0. The Hall–Kier alpha value is -2.46. The molecule has 0 atom stereocenters. The highest BCUT2D eigenvalue weighted by Gasteiger charge is 2.17. The molecule has 0 unspecified atom stereocenters. The highest BCUT2D eigenvalue weighted by atomic mass is 15.4. The van der Waals surface area contributed by atoms with Gasteiger partial charge in [0, 0.05) is 24.2 Å². The molecule has 0 fully saturated rings. The van der Waals surface area contributed by atoms with Crippen molar-refractivity contribution in [2.75, 3.05) is 7.05 Å². The van der Waals surface area contributed by atoms with Crippen molar-refractivity contribution in [3.63, 3.8) is 0 Å². The fourth-order valence-corrected chi connectivity index (χ4v) is 2.69. The normalized spacial score (nSPS) is 9.14. The lowest BCUT2D eigenvalue weighted by atomic mass is 10.00. The zero-order chi connectivity index (χ0) is 21.4. The summed E-state index contributed by atoms with van der Waals surface area (Å²) < 4.78 is 1.97. The van der Waals surface area contributed by atoms with Gasteiger partial charge < -0.3 is 5.32 Å². The van der Waals surface area contributed by atoms with Gasteiger partial charge in [0.2, 0.25) is 0 Å². The average molecular weight is 383 g/mol. The van der Waals surface area contributed by atoms with E-state index in [4.69, 9.17) is 0 Å². The first-order chi connectivity index (χ1) is 13.8. The van der Waals surface area contributed by atoms with E-state index >= 15 is 0 Å². The molecule has 4 nitrogen and oxygen atoms in total. The molecule has 4 heteroatoms. The van der Waals surface area contributed by atoms with E-state index in [9.17, 15) is 0 Å². The Morgan fingerprint density at radius 2 is 1.39 bits per heavy atom. The highest BCUT2D eigenvalue weighted by Crippen LogP contribution is 2.32. The number of hydrogen-bond donors (Lipinski definition) is 1. The van der Waals surface area contributed by atoms with Crippen LogP contribution in [0.5, 0.6) is 0 Å². The summed E-state index contributed by atoms with van der Waals surface area (Å²) in [6.45, 7) is 15.7. The third-order valence-corrected chi connectivity index (χ3v) is 3.72. The minimum atomic E-state index is 0.795. The second-order valence-electron chi connectivity index (χ2n) is 5.16. The molecule has 1 N–H and O–H groups in total. The van der Waals surface area contributed by atoms with Crippen molar-refractivity contribution in [1.29, 1.82) is 0 Å². The zero-order valence-electron chi connectivity index (χ0n) is 19.0. The second-order valence-corrected chi connectivity index (χ2v) is 5.16. The topological polar surface area (TPSA) is 42.7 Å². The summed E-state index contributed by atoms with van der Waals surface area (Å²) >= 11 is 0. The van der Waals surface area contributed by atoms with Crippen molar-refractivity contribution in [3.05, 3.63) is 60.2 Å². The van der Waals surface area contributed by atoms with Gasteiger partial charge in [-0.2, -0.15) is 0 Å². The van der Waals surface area contributed by atoms with E-state index < -0.39 is 0 Å². The van der Waals surface area contributed by atoms with Crippen LogP contribution in [0.1, 0.15) is 54.0 Å². The predicted molar refractivity (Wildman–Crippen MR) is 123 cm³/mol. The Balaban J connectivity index is 0.00000111. The molecule has 0 spiro atoms. The van der Waals surface area contributed by atoms with Crippen molar-refractivity contribution in [2.45, 2.75) is 61.6 Å². The van der Waals surface area contributed by atoms with Crippen LogP contribution in [0.2, 0.25) is 0 Å². The fraction of sp³-hybridized carbons (Fsp3) is 0.417. The van der Waals surface area contributed by atoms with Crippen LogP contribution in [-0.4, -0.2) is 22.0 Å². The molecule has 154 valence electrons. The largest absolute Gasteiger partial charge is 0.316 e. The first-order valence-corrected chi connectivity index (χ1v) is 10.6. The molecule has 1 heterocycles. The van der Waals surface area contributed by atoms with E-state index in [0.717, 1.165) is 30.0 Å². The summed E-state index contributed by atoms with van der Waals surface area (Å²) in [6.07, 6.45) is 0. The molecular weight excluding hydrogens is 344 g/mol. The molecule has 0 amide bonds. The molecule has 0 aliphatic carbocycles. The van der Waals surface area contributed by atoms with Crippen LogP contribution in [-0.2, 0) is 13.1 Å². The molecule has 2 aromatic carbocycles. The molecule has 0 aliphatic rings. The minimum absolute atomic E-state index is 0.795. The van der Waals surface area contributed by atoms with Crippen LogP contribution in [0.25, 0.3) is 22.5 Å². The lowest BCUT2D eigenvalue weighted by Gasteiger charge is -2.12. The summed E-state index contributed by atoms with van der Waals surface area (Å²) in [7, 11) is 1.96. The van der Waals surface area contributed by atoms with Crippen LogP contribution in [0, 0.1) is 0 Å². The molecule has 0 saturated heterocycles. The van der Waals surface area contributed by atoms with Gasteiger partial charge in [-0.05, 0) is 19.5 Å². The van der Waals surface area contributed by atoms with Crippen LogP contribution in [0.4, 0.5) is 0 Å². The third-order valence-electron chi connectivity index (χ3n) is 3.72. The number of aryl methyl sites for hydroxylation is 1. The maximum atomic E-state index is 4.43. The van der Waals surface area contributed by atoms with Crippen LogP contribution in [0.15, 0.2) is 54.6 Å². The molecular formula is C24H38N4. The maximum Gasteiger partial charge on any atom is 0.121 e. The molecule has 3 rings (SSSR count). The van der Waals surface area contributed by atoms with Gasteiger partial charge in [0.15, 0.2) is 0 Å². The minimum Gasteiger partial charge on any atom is -0.316 e. The molecule has 28 heavy (non-hydrogen) atoms. The van der Waals surface area contributed by atoms with Gasteiger partial charge in [-0.15, -0.1) is 5.10 Å². The predicted octanol–water partition coefficient (Wildman–Crippen LogP) is 6.43. The fourth-order valence-electron chi connectivity index (χ4n) is 2.69.